The third-order valence-corrected chi connectivity index (χ3v) is 5.28. The number of thiazole rings is 1. The molecule has 7 heteroatoms. The second-order valence-electron chi connectivity index (χ2n) is 6.19. The molecule has 0 bridgehead atoms. The quantitative estimate of drug-likeness (QED) is 0.728. The van der Waals surface area contributed by atoms with Gasteiger partial charge in [-0.15, -0.1) is 11.3 Å². The third kappa shape index (κ3) is 3.33. The molecule has 0 spiro atoms. The zero-order valence-corrected chi connectivity index (χ0v) is 14.8. The number of rotatable bonds is 4. The SMILES string of the molecule is Cc1nc(C)n(CC2CN(Cc3nc4ccccc4s3)CCO2)n1. The van der Waals surface area contributed by atoms with Crippen LogP contribution in [0.3, 0.4) is 0 Å². The molecule has 3 heterocycles. The first-order valence-electron chi connectivity index (χ1n) is 8.24. The predicted molar refractivity (Wildman–Crippen MR) is 94.1 cm³/mol. The van der Waals surface area contributed by atoms with Crippen molar-refractivity contribution in [1.82, 2.24) is 24.6 Å². The van der Waals surface area contributed by atoms with Gasteiger partial charge in [-0.1, -0.05) is 12.1 Å². The average Bonchev–Trinajstić information content (AvgIpc) is 3.10. The van der Waals surface area contributed by atoms with Crippen LogP contribution in [0.1, 0.15) is 16.7 Å². The van der Waals surface area contributed by atoms with Gasteiger partial charge in [0.1, 0.15) is 16.7 Å². The van der Waals surface area contributed by atoms with Gasteiger partial charge in [0.05, 0.1) is 36.0 Å². The number of aryl methyl sites for hydroxylation is 2. The van der Waals surface area contributed by atoms with Crippen molar-refractivity contribution in [3.63, 3.8) is 0 Å². The van der Waals surface area contributed by atoms with Gasteiger partial charge in [-0.2, -0.15) is 5.10 Å². The van der Waals surface area contributed by atoms with Crippen LogP contribution in [0.25, 0.3) is 10.2 Å². The van der Waals surface area contributed by atoms with Crippen molar-refractivity contribution in [1.29, 1.82) is 0 Å². The molecule has 126 valence electrons. The number of fused-ring (bicyclic) bond motifs is 1. The smallest absolute Gasteiger partial charge is 0.147 e. The van der Waals surface area contributed by atoms with Crippen LogP contribution in [0.5, 0.6) is 0 Å². The molecule has 0 aliphatic carbocycles. The molecule has 1 aliphatic heterocycles. The first kappa shape index (κ1) is 15.7. The molecule has 1 unspecified atom stereocenters. The number of para-hydroxylation sites is 1. The van der Waals surface area contributed by atoms with E-state index in [0.29, 0.717) is 0 Å². The van der Waals surface area contributed by atoms with Crippen molar-refractivity contribution in [2.45, 2.75) is 33.0 Å². The number of aromatic nitrogens is 4. The summed E-state index contributed by atoms with van der Waals surface area (Å²) in [7, 11) is 0. The Morgan fingerprint density at radius 1 is 1.25 bits per heavy atom. The van der Waals surface area contributed by atoms with Crippen LogP contribution in [-0.2, 0) is 17.8 Å². The summed E-state index contributed by atoms with van der Waals surface area (Å²) in [5.74, 6) is 1.76. The van der Waals surface area contributed by atoms with Gasteiger partial charge in [0.25, 0.3) is 0 Å². The van der Waals surface area contributed by atoms with Gasteiger partial charge in [0, 0.05) is 13.1 Å². The Balaban J connectivity index is 1.42. The molecule has 0 N–H and O–H groups in total. The minimum atomic E-state index is 0.146. The summed E-state index contributed by atoms with van der Waals surface area (Å²) in [4.78, 5) is 11.5. The maximum atomic E-state index is 5.93. The Morgan fingerprint density at radius 2 is 2.12 bits per heavy atom. The van der Waals surface area contributed by atoms with Crippen molar-refractivity contribution in [3.05, 3.63) is 40.9 Å². The Kier molecular flexibility index (Phi) is 4.30. The van der Waals surface area contributed by atoms with Crippen LogP contribution in [0.2, 0.25) is 0 Å². The number of morpholine rings is 1. The minimum Gasteiger partial charge on any atom is -0.374 e. The first-order valence-corrected chi connectivity index (χ1v) is 9.05. The van der Waals surface area contributed by atoms with E-state index in [1.54, 1.807) is 11.3 Å². The molecule has 4 rings (SSSR count). The highest BCUT2D eigenvalue weighted by molar-refractivity contribution is 7.18. The molecular weight excluding hydrogens is 322 g/mol. The van der Waals surface area contributed by atoms with Gasteiger partial charge >= 0.3 is 0 Å². The van der Waals surface area contributed by atoms with E-state index in [1.807, 2.05) is 24.6 Å². The second kappa shape index (κ2) is 6.58. The summed E-state index contributed by atoms with van der Waals surface area (Å²) in [6, 6.07) is 8.32. The van der Waals surface area contributed by atoms with Gasteiger partial charge in [0.15, 0.2) is 0 Å². The molecule has 1 atom stereocenters. The lowest BCUT2D eigenvalue weighted by Crippen LogP contribution is -2.43. The topological polar surface area (TPSA) is 56.1 Å². The summed E-state index contributed by atoms with van der Waals surface area (Å²) in [5.41, 5.74) is 1.09. The van der Waals surface area contributed by atoms with Crippen LogP contribution < -0.4 is 0 Å². The van der Waals surface area contributed by atoms with Crippen molar-refractivity contribution in [2.75, 3.05) is 19.7 Å². The lowest BCUT2D eigenvalue weighted by Gasteiger charge is -2.32. The number of benzene rings is 1. The van der Waals surface area contributed by atoms with Gasteiger partial charge in [-0.3, -0.25) is 4.90 Å². The monoisotopic (exact) mass is 343 g/mol. The van der Waals surface area contributed by atoms with Crippen molar-refractivity contribution in [3.8, 4) is 0 Å². The standard InChI is InChI=1S/C17H21N5OS/c1-12-18-13(2)22(20-12)10-14-9-21(7-8-23-14)11-17-19-15-5-3-4-6-16(15)24-17/h3-6,14H,7-11H2,1-2H3. The van der Waals surface area contributed by atoms with Crippen LogP contribution in [0.15, 0.2) is 24.3 Å². The van der Waals surface area contributed by atoms with E-state index in [-0.39, 0.29) is 6.10 Å². The summed E-state index contributed by atoms with van der Waals surface area (Å²) in [5, 5.41) is 5.61. The van der Waals surface area contributed by atoms with E-state index in [2.05, 4.69) is 33.2 Å². The molecule has 1 aliphatic rings. The number of nitrogens with zero attached hydrogens (tertiary/aromatic N) is 5. The van der Waals surface area contributed by atoms with Crippen molar-refractivity contribution < 1.29 is 4.74 Å². The van der Waals surface area contributed by atoms with Gasteiger partial charge in [-0.25, -0.2) is 14.6 Å². The number of hydrogen-bond donors (Lipinski definition) is 0. The maximum absolute atomic E-state index is 5.93. The van der Waals surface area contributed by atoms with Crippen molar-refractivity contribution >= 4 is 21.6 Å². The Morgan fingerprint density at radius 3 is 2.92 bits per heavy atom. The third-order valence-electron chi connectivity index (χ3n) is 4.26. The van der Waals surface area contributed by atoms with Crippen LogP contribution in [0.4, 0.5) is 0 Å². The fourth-order valence-electron chi connectivity index (χ4n) is 3.14. The highest BCUT2D eigenvalue weighted by Gasteiger charge is 2.23. The molecule has 0 saturated carbocycles. The Hall–Kier alpha value is -1.83. The molecule has 1 aromatic carbocycles. The zero-order chi connectivity index (χ0) is 16.5. The largest absolute Gasteiger partial charge is 0.374 e. The fourth-order valence-corrected chi connectivity index (χ4v) is 4.15. The Labute approximate surface area is 145 Å². The van der Waals surface area contributed by atoms with E-state index in [0.717, 1.165) is 50.0 Å². The predicted octanol–water partition coefficient (Wildman–Crippen LogP) is 2.41. The number of hydrogen-bond acceptors (Lipinski definition) is 6. The van der Waals surface area contributed by atoms with E-state index in [4.69, 9.17) is 9.72 Å². The van der Waals surface area contributed by atoms with Crippen LogP contribution in [-0.4, -0.2) is 50.4 Å². The molecule has 24 heavy (non-hydrogen) atoms. The lowest BCUT2D eigenvalue weighted by molar-refractivity contribution is -0.0405. The molecule has 1 saturated heterocycles. The molecule has 2 aromatic heterocycles. The maximum Gasteiger partial charge on any atom is 0.147 e. The summed E-state index contributed by atoms with van der Waals surface area (Å²) < 4.78 is 9.13. The van der Waals surface area contributed by atoms with E-state index < -0.39 is 0 Å². The first-order chi connectivity index (χ1) is 11.7. The van der Waals surface area contributed by atoms with E-state index in [1.165, 1.54) is 9.71 Å². The number of ether oxygens (including phenoxy) is 1. The van der Waals surface area contributed by atoms with Crippen LogP contribution >= 0.6 is 11.3 Å². The lowest BCUT2D eigenvalue weighted by atomic mass is 10.2. The summed E-state index contributed by atoms with van der Waals surface area (Å²) in [6.45, 7) is 8.14. The van der Waals surface area contributed by atoms with E-state index in [9.17, 15) is 0 Å². The van der Waals surface area contributed by atoms with Gasteiger partial charge in [-0.05, 0) is 26.0 Å². The summed E-state index contributed by atoms with van der Waals surface area (Å²) >= 11 is 1.78. The van der Waals surface area contributed by atoms with Crippen molar-refractivity contribution in [2.24, 2.45) is 0 Å². The Bertz CT molecular complexity index is 809. The molecule has 0 amide bonds. The fraction of sp³-hybridized carbons (Fsp3) is 0.471. The normalized spacial score (nSPS) is 19.2. The van der Waals surface area contributed by atoms with Gasteiger partial charge in [0.2, 0.25) is 0 Å². The zero-order valence-electron chi connectivity index (χ0n) is 14.0. The van der Waals surface area contributed by atoms with Crippen LogP contribution in [0, 0.1) is 13.8 Å². The minimum absolute atomic E-state index is 0.146. The summed E-state index contributed by atoms with van der Waals surface area (Å²) in [6.07, 6.45) is 0.146. The highest BCUT2D eigenvalue weighted by Crippen LogP contribution is 2.23. The second-order valence-corrected chi connectivity index (χ2v) is 7.31. The molecule has 3 aromatic rings. The highest BCUT2D eigenvalue weighted by atomic mass is 32.1. The molecular formula is C17H21N5OS. The molecule has 1 fully saturated rings. The molecule has 0 radical (unpaired) electrons. The van der Waals surface area contributed by atoms with Gasteiger partial charge < -0.3 is 4.74 Å². The average molecular weight is 343 g/mol. The van der Waals surface area contributed by atoms with E-state index >= 15 is 0 Å². The molecule has 6 nitrogen and oxygen atoms in total.